The Balaban J connectivity index is 2.47. The molecule has 56 heavy (non-hydrogen) atoms. The quantitative estimate of drug-likeness (QED) is 0.0208. The zero-order chi connectivity index (χ0) is 41.3. The van der Waals surface area contributed by atoms with Gasteiger partial charge in [0.25, 0.3) is 10.1 Å². The second-order valence-corrected chi connectivity index (χ2v) is 16.5. The minimum Gasteiger partial charge on any atom is -0.462 e. The second kappa shape index (κ2) is 33.8. The van der Waals surface area contributed by atoms with Crippen molar-refractivity contribution < 1.29 is 56.8 Å². The first kappa shape index (κ1) is 51.9. The smallest absolute Gasteiger partial charge is 0.306 e. The van der Waals surface area contributed by atoms with Crippen molar-refractivity contribution in [3.05, 3.63) is 36.5 Å². The maximum atomic E-state index is 12.8. The van der Waals surface area contributed by atoms with E-state index in [4.69, 9.17) is 18.9 Å². The lowest BCUT2D eigenvalue weighted by molar-refractivity contribution is -0.297. The highest BCUT2D eigenvalue weighted by atomic mass is 32.2. The van der Waals surface area contributed by atoms with Crippen LogP contribution in [0, 0.1) is 0 Å². The summed E-state index contributed by atoms with van der Waals surface area (Å²) < 4.78 is 53.9. The van der Waals surface area contributed by atoms with Crippen molar-refractivity contribution in [2.24, 2.45) is 0 Å². The summed E-state index contributed by atoms with van der Waals surface area (Å²) >= 11 is 0. The number of unbranched alkanes of at least 4 members (excludes halogenated alkanes) is 19. The Morgan fingerprint density at radius 2 is 1.12 bits per heavy atom. The molecule has 3 unspecified atom stereocenters. The van der Waals surface area contributed by atoms with Crippen molar-refractivity contribution in [1.29, 1.82) is 0 Å². The fourth-order valence-corrected chi connectivity index (χ4v) is 7.13. The van der Waals surface area contributed by atoms with Crippen molar-refractivity contribution in [2.75, 3.05) is 19.0 Å². The summed E-state index contributed by atoms with van der Waals surface area (Å²) in [5, 5.41) is 30.8. The van der Waals surface area contributed by atoms with Crippen molar-refractivity contribution in [1.82, 2.24) is 0 Å². The van der Waals surface area contributed by atoms with Crippen LogP contribution >= 0.6 is 0 Å². The number of ether oxygens (including phenoxy) is 4. The van der Waals surface area contributed by atoms with Gasteiger partial charge in [-0.1, -0.05) is 159 Å². The number of hydrogen-bond acceptors (Lipinski definition) is 11. The van der Waals surface area contributed by atoms with Gasteiger partial charge in [0.15, 0.2) is 12.4 Å². The second-order valence-electron chi connectivity index (χ2n) is 15.0. The number of carbonyl (C=O) groups is 2. The average molecular weight is 817 g/mol. The van der Waals surface area contributed by atoms with Gasteiger partial charge in [-0.2, -0.15) is 8.42 Å². The highest BCUT2D eigenvalue weighted by Gasteiger charge is 2.46. The van der Waals surface area contributed by atoms with Crippen LogP contribution in [0.4, 0.5) is 0 Å². The number of esters is 2. The highest BCUT2D eigenvalue weighted by molar-refractivity contribution is 7.85. The van der Waals surface area contributed by atoms with Gasteiger partial charge < -0.3 is 34.3 Å². The van der Waals surface area contributed by atoms with Gasteiger partial charge in [-0.3, -0.25) is 14.1 Å². The summed E-state index contributed by atoms with van der Waals surface area (Å²) in [7, 11) is -4.60. The van der Waals surface area contributed by atoms with E-state index in [2.05, 4.69) is 26.0 Å². The lowest BCUT2D eigenvalue weighted by Gasteiger charge is -2.40. The molecule has 0 saturated carbocycles. The largest absolute Gasteiger partial charge is 0.462 e. The maximum Gasteiger partial charge on any atom is 0.306 e. The topological polar surface area (TPSA) is 186 Å². The van der Waals surface area contributed by atoms with Crippen LogP contribution in [0.2, 0.25) is 0 Å². The molecule has 326 valence electrons. The molecule has 0 aromatic heterocycles. The van der Waals surface area contributed by atoms with E-state index < -0.39 is 71.2 Å². The summed E-state index contributed by atoms with van der Waals surface area (Å²) in [5.74, 6) is -2.01. The predicted molar refractivity (Wildman–Crippen MR) is 219 cm³/mol. The van der Waals surface area contributed by atoms with Crippen LogP contribution in [0.1, 0.15) is 168 Å². The van der Waals surface area contributed by atoms with Crippen molar-refractivity contribution in [3.8, 4) is 0 Å². The molecule has 1 heterocycles. The molecule has 0 bridgehead atoms. The van der Waals surface area contributed by atoms with Crippen LogP contribution < -0.4 is 0 Å². The van der Waals surface area contributed by atoms with E-state index >= 15 is 0 Å². The van der Waals surface area contributed by atoms with Crippen LogP contribution in [0.5, 0.6) is 0 Å². The van der Waals surface area contributed by atoms with Crippen LogP contribution in [0.25, 0.3) is 0 Å². The molecule has 0 aromatic rings. The molecule has 1 aliphatic heterocycles. The third-order valence-corrected chi connectivity index (χ3v) is 10.5. The highest BCUT2D eigenvalue weighted by Crippen LogP contribution is 2.24. The molecule has 1 rings (SSSR count). The molecule has 0 amide bonds. The lowest BCUT2D eigenvalue weighted by atomic mass is 10.00. The van der Waals surface area contributed by atoms with E-state index in [1.165, 1.54) is 70.6 Å². The number of rotatable bonds is 35. The normalized spacial score (nSPS) is 21.0. The first-order valence-corrected chi connectivity index (χ1v) is 23.2. The SMILES string of the molecule is CC/C=C/C=C/C=C/CCCCCCCC(=O)OC(COC(=O)CCCCCCCCCCCCCCCCC)CO[C@H]1O[C@H](CS(=O)(=O)O)[C@@H](O)C(O)C1O. The fourth-order valence-electron chi connectivity index (χ4n) is 6.44. The first-order chi connectivity index (χ1) is 27.0. The van der Waals surface area contributed by atoms with Gasteiger partial charge in [-0.05, 0) is 32.1 Å². The lowest BCUT2D eigenvalue weighted by Crippen LogP contribution is -2.60. The molecule has 13 heteroatoms. The van der Waals surface area contributed by atoms with Crippen LogP contribution in [-0.2, 0) is 38.7 Å². The van der Waals surface area contributed by atoms with Gasteiger partial charge in [0.05, 0.1) is 6.61 Å². The molecular formula is C43H76O12S. The van der Waals surface area contributed by atoms with Crippen LogP contribution in [-0.4, -0.2) is 96.0 Å². The molecule has 12 nitrogen and oxygen atoms in total. The predicted octanol–water partition coefficient (Wildman–Crippen LogP) is 8.22. The van der Waals surface area contributed by atoms with Gasteiger partial charge >= 0.3 is 11.9 Å². The van der Waals surface area contributed by atoms with E-state index in [0.29, 0.717) is 12.8 Å². The summed E-state index contributed by atoms with van der Waals surface area (Å²) in [6.45, 7) is 3.60. The zero-order valence-corrected chi connectivity index (χ0v) is 35.3. The van der Waals surface area contributed by atoms with E-state index in [1.54, 1.807) is 0 Å². The number of hydrogen-bond donors (Lipinski definition) is 4. The first-order valence-electron chi connectivity index (χ1n) is 21.6. The molecule has 1 saturated heterocycles. The number of aliphatic hydroxyl groups excluding tert-OH is 3. The van der Waals surface area contributed by atoms with Gasteiger partial charge in [-0.15, -0.1) is 0 Å². The van der Waals surface area contributed by atoms with Crippen molar-refractivity contribution in [3.63, 3.8) is 0 Å². The van der Waals surface area contributed by atoms with Crippen molar-refractivity contribution in [2.45, 2.75) is 205 Å². The molecule has 0 aromatic carbocycles. The number of allylic oxidation sites excluding steroid dienone is 6. The van der Waals surface area contributed by atoms with Gasteiger partial charge in [-0.25, -0.2) is 0 Å². The van der Waals surface area contributed by atoms with E-state index in [1.807, 2.05) is 24.3 Å². The molecule has 0 aliphatic carbocycles. The summed E-state index contributed by atoms with van der Waals surface area (Å²) in [6, 6.07) is 0. The minimum atomic E-state index is -4.60. The summed E-state index contributed by atoms with van der Waals surface area (Å²) in [5.41, 5.74) is 0. The van der Waals surface area contributed by atoms with Gasteiger partial charge in [0.1, 0.15) is 36.8 Å². The third kappa shape index (κ3) is 28.3. The minimum absolute atomic E-state index is 0.142. The van der Waals surface area contributed by atoms with Crippen LogP contribution in [0.15, 0.2) is 36.5 Å². The molecule has 0 radical (unpaired) electrons. The average Bonchev–Trinajstić information content (AvgIpc) is 3.16. The Bertz CT molecular complexity index is 1190. The van der Waals surface area contributed by atoms with Gasteiger partial charge in [0.2, 0.25) is 0 Å². The third-order valence-electron chi connectivity index (χ3n) is 9.80. The van der Waals surface area contributed by atoms with E-state index in [0.717, 1.165) is 57.8 Å². The molecule has 0 spiro atoms. The summed E-state index contributed by atoms with van der Waals surface area (Å²) in [6.07, 6.45) is 27.7. The van der Waals surface area contributed by atoms with Crippen molar-refractivity contribution >= 4 is 22.1 Å². The Labute approximate surface area is 338 Å². The van der Waals surface area contributed by atoms with Crippen LogP contribution in [0.3, 0.4) is 0 Å². The number of carbonyl (C=O) groups excluding carboxylic acids is 2. The Morgan fingerprint density at radius 3 is 1.66 bits per heavy atom. The Hall–Kier alpha value is -2.13. The van der Waals surface area contributed by atoms with E-state index in [9.17, 15) is 37.9 Å². The summed E-state index contributed by atoms with van der Waals surface area (Å²) in [4.78, 5) is 25.3. The number of aliphatic hydroxyl groups is 3. The monoisotopic (exact) mass is 817 g/mol. The van der Waals surface area contributed by atoms with E-state index in [-0.39, 0.29) is 19.4 Å². The molecule has 1 aliphatic rings. The Kier molecular flexibility index (Phi) is 31.3. The maximum absolute atomic E-state index is 12.8. The van der Waals surface area contributed by atoms with Gasteiger partial charge in [0, 0.05) is 12.8 Å². The molecule has 1 fully saturated rings. The molecular weight excluding hydrogens is 741 g/mol. The fraction of sp³-hybridized carbons (Fsp3) is 0.814. The standard InChI is InChI=1S/C43H76O12S/c1-3-5-7-9-11-13-15-17-18-20-21-23-25-27-29-31-38(44)52-33-36(34-53-43-42(48)41(47)40(46)37(55-43)35-56(49,50)51)54-39(45)32-30-28-26-24-22-19-16-14-12-10-8-6-4-2/h6,8,10,12,14,16,36-37,40-43,46-48H,3-5,7,9,11,13,15,17-35H2,1-2H3,(H,49,50,51)/b8-6+,12-10+,16-14+/t36?,37-,40-,41?,42?,43+/m1/s1. The zero-order valence-electron chi connectivity index (χ0n) is 34.5. The molecule has 6 atom stereocenters. The Morgan fingerprint density at radius 1 is 0.625 bits per heavy atom. The molecule has 4 N–H and O–H groups in total.